The zero-order valence-corrected chi connectivity index (χ0v) is 18.0. The Hall–Kier alpha value is -3.15. The van der Waals surface area contributed by atoms with Gasteiger partial charge in [-0.25, -0.2) is 0 Å². The lowest BCUT2D eigenvalue weighted by Gasteiger charge is -2.14. The second-order valence-corrected chi connectivity index (χ2v) is 7.11. The van der Waals surface area contributed by atoms with Crippen molar-refractivity contribution in [3.05, 3.63) is 53.1 Å². The van der Waals surface area contributed by atoms with Crippen LogP contribution in [0.2, 0.25) is 0 Å². The van der Waals surface area contributed by atoms with Crippen LogP contribution in [0, 0.1) is 0 Å². The summed E-state index contributed by atoms with van der Waals surface area (Å²) in [7, 11) is 1.58. The van der Waals surface area contributed by atoms with Gasteiger partial charge in [0.2, 0.25) is 0 Å². The molecule has 1 amide bonds. The SMILES string of the molecule is C/C=C/c1ccc(OCC(=O)NCc2cc3c(cc2OCC)C[C@@H](C)O3)c(OC)c1. The number of hydrogen-bond acceptors (Lipinski definition) is 5. The van der Waals surface area contributed by atoms with Crippen molar-refractivity contribution in [3.8, 4) is 23.0 Å². The molecule has 0 aliphatic carbocycles. The van der Waals surface area contributed by atoms with Crippen molar-refractivity contribution < 1.29 is 23.7 Å². The molecule has 0 spiro atoms. The zero-order chi connectivity index (χ0) is 21.5. The number of benzene rings is 2. The van der Waals surface area contributed by atoms with Gasteiger partial charge in [0, 0.05) is 24.1 Å². The van der Waals surface area contributed by atoms with E-state index in [1.807, 2.05) is 57.2 Å². The number of amides is 1. The highest BCUT2D eigenvalue weighted by Crippen LogP contribution is 2.35. The molecular weight excluding hydrogens is 382 g/mol. The Kier molecular flexibility index (Phi) is 7.22. The van der Waals surface area contributed by atoms with Crippen LogP contribution in [-0.4, -0.2) is 32.3 Å². The predicted octanol–water partition coefficient (Wildman–Crippen LogP) is 4.15. The molecule has 0 fully saturated rings. The number of fused-ring (bicyclic) bond motifs is 1. The van der Waals surface area contributed by atoms with Crippen LogP contribution < -0.4 is 24.3 Å². The van der Waals surface area contributed by atoms with Gasteiger partial charge in [0.05, 0.1) is 13.7 Å². The summed E-state index contributed by atoms with van der Waals surface area (Å²) in [4.78, 5) is 12.4. The molecule has 0 saturated carbocycles. The van der Waals surface area contributed by atoms with E-state index in [0.717, 1.165) is 34.6 Å². The zero-order valence-electron chi connectivity index (χ0n) is 18.0. The molecule has 1 atom stereocenters. The van der Waals surface area contributed by atoms with Crippen LogP contribution in [0.5, 0.6) is 23.0 Å². The van der Waals surface area contributed by atoms with E-state index < -0.39 is 0 Å². The van der Waals surface area contributed by atoms with Crippen LogP contribution in [0.25, 0.3) is 6.08 Å². The standard InChI is InChI=1S/C24H29NO5/c1-5-7-17-8-9-20(23(11-17)27-4)29-15-24(26)25-14-19-13-22-18(10-16(3)30-22)12-21(19)28-6-2/h5,7-9,11-13,16H,6,10,14-15H2,1-4H3,(H,25,26)/b7-5+/t16-/m1/s1. The molecule has 6 heteroatoms. The molecule has 160 valence electrons. The lowest BCUT2D eigenvalue weighted by molar-refractivity contribution is -0.123. The fraction of sp³-hybridized carbons (Fsp3) is 0.375. The molecule has 1 heterocycles. The maximum Gasteiger partial charge on any atom is 0.258 e. The van der Waals surface area contributed by atoms with Crippen LogP contribution in [0.4, 0.5) is 0 Å². The first-order chi connectivity index (χ1) is 14.5. The predicted molar refractivity (Wildman–Crippen MR) is 116 cm³/mol. The summed E-state index contributed by atoms with van der Waals surface area (Å²) in [5, 5.41) is 2.89. The first kappa shape index (κ1) is 21.6. The van der Waals surface area contributed by atoms with Gasteiger partial charge in [-0.3, -0.25) is 4.79 Å². The summed E-state index contributed by atoms with van der Waals surface area (Å²) in [6, 6.07) is 9.54. The topological polar surface area (TPSA) is 66.0 Å². The molecule has 0 bridgehead atoms. The molecule has 0 unspecified atom stereocenters. The summed E-state index contributed by atoms with van der Waals surface area (Å²) >= 11 is 0. The van der Waals surface area contributed by atoms with E-state index in [1.165, 1.54) is 0 Å². The van der Waals surface area contributed by atoms with Crippen LogP contribution in [-0.2, 0) is 17.8 Å². The minimum Gasteiger partial charge on any atom is -0.494 e. The van der Waals surface area contributed by atoms with Crippen LogP contribution in [0.3, 0.4) is 0 Å². The number of carbonyl (C=O) groups is 1. The van der Waals surface area contributed by atoms with Gasteiger partial charge in [0.1, 0.15) is 17.6 Å². The molecule has 1 aliphatic rings. The molecule has 0 saturated heterocycles. The number of carbonyl (C=O) groups excluding carboxylic acids is 1. The number of allylic oxidation sites excluding steroid dienone is 1. The monoisotopic (exact) mass is 411 g/mol. The Morgan fingerprint density at radius 3 is 2.77 bits per heavy atom. The summed E-state index contributed by atoms with van der Waals surface area (Å²) in [5.41, 5.74) is 3.02. The third-order valence-electron chi connectivity index (χ3n) is 4.76. The first-order valence-corrected chi connectivity index (χ1v) is 10.2. The van der Waals surface area contributed by atoms with Gasteiger partial charge in [-0.2, -0.15) is 0 Å². The number of ether oxygens (including phenoxy) is 4. The van der Waals surface area contributed by atoms with E-state index in [2.05, 4.69) is 5.32 Å². The van der Waals surface area contributed by atoms with E-state index in [9.17, 15) is 4.79 Å². The minimum atomic E-state index is -0.230. The third-order valence-corrected chi connectivity index (χ3v) is 4.76. The highest BCUT2D eigenvalue weighted by Gasteiger charge is 2.22. The van der Waals surface area contributed by atoms with Crippen LogP contribution >= 0.6 is 0 Å². The largest absolute Gasteiger partial charge is 0.494 e. The minimum absolute atomic E-state index is 0.109. The van der Waals surface area contributed by atoms with E-state index in [-0.39, 0.29) is 18.6 Å². The average molecular weight is 411 g/mol. The molecule has 30 heavy (non-hydrogen) atoms. The number of hydrogen-bond donors (Lipinski definition) is 1. The molecule has 2 aromatic carbocycles. The number of nitrogens with one attached hydrogen (secondary N) is 1. The lowest BCUT2D eigenvalue weighted by atomic mass is 10.1. The normalized spacial score (nSPS) is 14.9. The number of rotatable bonds is 9. The average Bonchev–Trinajstić information content (AvgIpc) is 3.10. The Labute approximate surface area is 177 Å². The highest BCUT2D eigenvalue weighted by atomic mass is 16.5. The molecule has 1 N–H and O–H groups in total. The van der Waals surface area contributed by atoms with E-state index >= 15 is 0 Å². The second-order valence-electron chi connectivity index (χ2n) is 7.11. The maximum atomic E-state index is 12.4. The van der Waals surface area contributed by atoms with Crippen molar-refractivity contribution in [1.82, 2.24) is 5.32 Å². The van der Waals surface area contributed by atoms with Crippen LogP contribution in [0.1, 0.15) is 37.5 Å². The fourth-order valence-corrected chi connectivity index (χ4v) is 3.40. The van der Waals surface area contributed by atoms with Crippen molar-refractivity contribution in [2.24, 2.45) is 0 Å². The summed E-state index contributed by atoms with van der Waals surface area (Å²) in [5.74, 6) is 2.51. The maximum absolute atomic E-state index is 12.4. The van der Waals surface area contributed by atoms with Gasteiger partial charge in [0.15, 0.2) is 18.1 Å². The molecule has 1 aliphatic heterocycles. The Bertz CT molecular complexity index is 922. The van der Waals surface area contributed by atoms with Gasteiger partial charge in [0.25, 0.3) is 5.91 Å². The fourth-order valence-electron chi connectivity index (χ4n) is 3.40. The summed E-state index contributed by atoms with van der Waals surface area (Å²) in [6.45, 7) is 6.71. The van der Waals surface area contributed by atoms with Gasteiger partial charge >= 0.3 is 0 Å². The second kappa shape index (κ2) is 10.1. The quantitative estimate of drug-likeness (QED) is 0.672. The summed E-state index contributed by atoms with van der Waals surface area (Å²) < 4.78 is 22.6. The van der Waals surface area contributed by atoms with Crippen molar-refractivity contribution in [1.29, 1.82) is 0 Å². The molecule has 2 aromatic rings. The highest BCUT2D eigenvalue weighted by molar-refractivity contribution is 5.77. The Morgan fingerprint density at radius 1 is 1.20 bits per heavy atom. The van der Waals surface area contributed by atoms with Gasteiger partial charge in [-0.1, -0.05) is 18.2 Å². The number of methoxy groups -OCH3 is 1. The smallest absolute Gasteiger partial charge is 0.258 e. The van der Waals surface area contributed by atoms with Crippen molar-refractivity contribution in [3.63, 3.8) is 0 Å². The van der Waals surface area contributed by atoms with Crippen molar-refractivity contribution >= 4 is 12.0 Å². The summed E-state index contributed by atoms with van der Waals surface area (Å²) in [6.07, 6.45) is 4.94. The molecule has 3 rings (SSSR count). The van der Waals surface area contributed by atoms with Gasteiger partial charge in [-0.15, -0.1) is 0 Å². The van der Waals surface area contributed by atoms with Gasteiger partial charge in [-0.05, 0) is 50.6 Å². The van der Waals surface area contributed by atoms with Gasteiger partial charge < -0.3 is 24.3 Å². The van der Waals surface area contributed by atoms with E-state index in [0.29, 0.717) is 24.7 Å². The lowest BCUT2D eigenvalue weighted by Crippen LogP contribution is -2.28. The van der Waals surface area contributed by atoms with E-state index in [4.69, 9.17) is 18.9 Å². The Morgan fingerprint density at radius 2 is 2.03 bits per heavy atom. The first-order valence-electron chi connectivity index (χ1n) is 10.2. The van der Waals surface area contributed by atoms with E-state index in [1.54, 1.807) is 13.2 Å². The molecule has 0 aromatic heterocycles. The van der Waals surface area contributed by atoms with Crippen molar-refractivity contribution in [2.45, 2.75) is 39.8 Å². The molecule has 0 radical (unpaired) electrons. The van der Waals surface area contributed by atoms with Crippen molar-refractivity contribution in [2.75, 3.05) is 20.3 Å². The third kappa shape index (κ3) is 5.26. The Balaban J connectivity index is 1.61. The molecular formula is C24H29NO5. The van der Waals surface area contributed by atoms with Crippen LogP contribution in [0.15, 0.2) is 36.4 Å². The molecule has 6 nitrogen and oxygen atoms in total.